The zero-order chi connectivity index (χ0) is 18.6. The highest BCUT2D eigenvalue weighted by molar-refractivity contribution is 7.80. The molecule has 1 aromatic heterocycles. The average molecular weight is 372 g/mol. The Morgan fingerprint density at radius 3 is 2.58 bits per heavy atom. The molecular weight excluding hydrogens is 346 g/mol. The number of pyridine rings is 1. The highest BCUT2D eigenvalue weighted by atomic mass is 32.1. The van der Waals surface area contributed by atoms with Crippen molar-refractivity contribution in [3.05, 3.63) is 66.0 Å². The molecule has 0 spiro atoms. The van der Waals surface area contributed by atoms with E-state index in [1.54, 1.807) is 11.1 Å². The lowest BCUT2D eigenvalue weighted by molar-refractivity contribution is 0.141. The van der Waals surface area contributed by atoms with Crippen LogP contribution in [0.5, 0.6) is 0 Å². The number of nitrogens with two attached hydrogens (primary N) is 1. The molecule has 0 saturated heterocycles. The summed E-state index contributed by atoms with van der Waals surface area (Å²) < 4.78 is 5.62. The van der Waals surface area contributed by atoms with Crippen molar-refractivity contribution < 1.29 is 4.74 Å². The SMILES string of the molecule is N=C(N)N(CCc1ccccn1)C(=S)NCCOCCc1ccccc1. The number of thiocarbonyl (C=S) groups is 1. The molecule has 0 amide bonds. The third-order valence-corrected chi connectivity index (χ3v) is 4.12. The molecule has 26 heavy (non-hydrogen) atoms. The number of benzene rings is 1. The van der Waals surface area contributed by atoms with Gasteiger partial charge in [0.15, 0.2) is 11.1 Å². The van der Waals surface area contributed by atoms with E-state index in [0.29, 0.717) is 37.8 Å². The van der Waals surface area contributed by atoms with Crippen LogP contribution in [0.1, 0.15) is 11.3 Å². The van der Waals surface area contributed by atoms with Crippen molar-refractivity contribution in [3.8, 4) is 0 Å². The van der Waals surface area contributed by atoms with Gasteiger partial charge in [-0.15, -0.1) is 0 Å². The third kappa shape index (κ3) is 7.16. The summed E-state index contributed by atoms with van der Waals surface area (Å²) in [7, 11) is 0. The number of hydrogen-bond acceptors (Lipinski definition) is 4. The Hall–Kier alpha value is -2.51. The number of nitrogens with zero attached hydrogens (tertiary/aromatic N) is 2. The molecule has 138 valence electrons. The van der Waals surface area contributed by atoms with Crippen molar-refractivity contribution in [2.24, 2.45) is 5.73 Å². The van der Waals surface area contributed by atoms with Crippen molar-refractivity contribution in [2.75, 3.05) is 26.3 Å². The van der Waals surface area contributed by atoms with Gasteiger partial charge in [-0.2, -0.15) is 0 Å². The Morgan fingerprint density at radius 1 is 1.12 bits per heavy atom. The van der Waals surface area contributed by atoms with Crippen molar-refractivity contribution in [2.45, 2.75) is 12.8 Å². The molecule has 6 nitrogen and oxygen atoms in total. The van der Waals surface area contributed by atoms with Crippen LogP contribution < -0.4 is 11.1 Å². The standard InChI is InChI=1S/C19H25N5OS/c20-18(21)24(13-9-17-8-4-5-11-22-17)19(26)23-12-15-25-14-10-16-6-2-1-3-7-16/h1-8,11H,9-10,12-15H2,(H3,20,21)(H,23,26). The molecule has 0 atom stereocenters. The lowest BCUT2D eigenvalue weighted by atomic mass is 10.2. The lowest BCUT2D eigenvalue weighted by Crippen LogP contribution is -2.48. The lowest BCUT2D eigenvalue weighted by Gasteiger charge is -2.23. The maximum absolute atomic E-state index is 7.71. The minimum Gasteiger partial charge on any atom is -0.379 e. The Labute approximate surface area is 159 Å². The summed E-state index contributed by atoms with van der Waals surface area (Å²) in [5, 5.41) is 11.2. The van der Waals surface area contributed by atoms with E-state index < -0.39 is 0 Å². The average Bonchev–Trinajstić information content (AvgIpc) is 2.66. The first-order chi connectivity index (χ1) is 12.7. The van der Waals surface area contributed by atoms with E-state index in [4.69, 9.17) is 28.1 Å². The zero-order valence-electron chi connectivity index (χ0n) is 14.7. The van der Waals surface area contributed by atoms with Crippen molar-refractivity contribution >= 4 is 23.3 Å². The highest BCUT2D eigenvalue weighted by Gasteiger charge is 2.12. The number of aromatic nitrogens is 1. The van der Waals surface area contributed by atoms with Gasteiger partial charge in [0, 0.05) is 31.4 Å². The van der Waals surface area contributed by atoms with Gasteiger partial charge in [-0.1, -0.05) is 36.4 Å². The molecule has 0 unspecified atom stereocenters. The first kappa shape index (κ1) is 19.8. The van der Waals surface area contributed by atoms with E-state index in [9.17, 15) is 0 Å². The smallest absolute Gasteiger partial charge is 0.194 e. The molecule has 0 bridgehead atoms. The van der Waals surface area contributed by atoms with Crippen LogP contribution in [0.3, 0.4) is 0 Å². The molecule has 0 aliphatic heterocycles. The molecule has 0 aliphatic rings. The number of nitrogens with one attached hydrogen (secondary N) is 2. The van der Waals surface area contributed by atoms with Crippen LogP contribution in [-0.4, -0.2) is 47.3 Å². The summed E-state index contributed by atoms with van der Waals surface area (Å²) in [4.78, 5) is 5.83. The van der Waals surface area contributed by atoms with Gasteiger partial charge in [-0.05, 0) is 36.3 Å². The van der Waals surface area contributed by atoms with E-state index >= 15 is 0 Å². The second kappa shape index (κ2) is 11.2. The first-order valence-electron chi connectivity index (χ1n) is 8.58. The summed E-state index contributed by atoms with van der Waals surface area (Å²) in [5.41, 5.74) is 7.84. The van der Waals surface area contributed by atoms with Crippen molar-refractivity contribution in [1.82, 2.24) is 15.2 Å². The van der Waals surface area contributed by atoms with Crippen LogP contribution in [0.25, 0.3) is 0 Å². The third-order valence-electron chi connectivity index (χ3n) is 3.75. The summed E-state index contributed by atoms with van der Waals surface area (Å²) in [5.74, 6) is -0.0802. The van der Waals surface area contributed by atoms with E-state index in [0.717, 1.165) is 12.1 Å². The summed E-state index contributed by atoms with van der Waals surface area (Å²) >= 11 is 5.34. The molecule has 0 fully saturated rings. The largest absolute Gasteiger partial charge is 0.379 e. The Bertz CT molecular complexity index is 681. The van der Waals surface area contributed by atoms with Crippen molar-refractivity contribution in [3.63, 3.8) is 0 Å². The maximum atomic E-state index is 7.71. The minimum atomic E-state index is -0.0802. The van der Waals surface area contributed by atoms with E-state index in [2.05, 4.69) is 22.4 Å². The molecule has 0 radical (unpaired) electrons. The number of rotatable bonds is 9. The molecule has 2 rings (SSSR count). The van der Waals surface area contributed by atoms with Crippen LogP contribution in [0.15, 0.2) is 54.7 Å². The molecule has 4 N–H and O–H groups in total. The predicted molar refractivity (Wildman–Crippen MR) is 108 cm³/mol. The second-order valence-electron chi connectivity index (χ2n) is 5.69. The van der Waals surface area contributed by atoms with Crippen LogP contribution in [0.4, 0.5) is 0 Å². The van der Waals surface area contributed by atoms with Gasteiger partial charge >= 0.3 is 0 Å². The van der Waals surface area contributed by atoms with Gasteiger partial charge < -0.3 is 15.8 Å². The number of hydrogen-bond donors (Lipinski definition) is 3. The highest BCUT2D eigenvalue weighted by Crippen LogP contribution is 2.00. The molecule has 0 aliphatic carbocycles. The Kier molecular flexibility index (Phi) is 8.51. The van der Waals surface area contributed by atoms with Gasteiger partial charge in [0.25, 0.3) is 0 Å². The van der Waals surface area contributed by atoms with Gasteiger partial charge in [0.2, 0.25) is 0 Å². The summed E-state index contributed by atoms with van der Waals surface area (Å²) in [6, 6.07) is 16.0. The topological polar surface area (TPSA) is 87.3 Å². The normalized spacial score (nSPS) is 10.3. The zero-order valence-corrected chi connectivity index (χ0v) is 15.5. The molecule has 1 aromatic carbocycles. The maximum Gasteiger partial charge on any atom is 0.194 e. The van der Waals surface area contributed by atoms with Crippen LogP contribution in [0.2, 0.25) is 0 Å². The fourth-order valence-corrected chi connectivity index (χ4v) is 2.66. The fraction of sp³-hybridized carbons (Fsp3) is 0.316. The predicted octanol–water partition coefficient (Wildman–Crippen LogP) is 1.95. The van der Waals surface area contributed by atoms with Crippen molar-refractivity contribution in [1.29, 1.82) is 5.41 Å². The first-order valence-corrected chi connectivity index (χ1v) is 8.98. The van der Waals surface area contributed by atoms with Gasteiger partial charge in [-0.25, -0.2) is 0 Å². The number of guanidine groups is 1. The molecule has 1 heterocycles. The van der Waals surface area contributed by atoms with E-state index in [-0.39, 0.29) is 5.96 Å². The van der Waals surface area contributed by atoms with Gasteiger partial charge in [0.1, 0.15) is 0 Å². The van der Waals surface area contributed by atoms with Gasteiger partial charge in [0.05, 0.1) is 13.2 Å². The monoisotopic (exact) mass is 371 g/mol. The summed E-state index contributed by atoms with van der Waals surface area (Å²) in [6.07, 6.45) is 3.29. The van der Waals surface area contributed by atoms with Crippen LogP contribution in [-0.2, 0) is 17.6 Å². The quantitative estimate of drug-likeness (QED) is 0.270. The van der Waals surface area contributed by atoms with Crippen LogP contribution >= 0.6 is 12.2 Å². The Balaban J connectivity index is 1.64. The Morgan fingerprint density at radius 2 is 1.88 bits per heavy atom. The molecular formula is C19H25N5OS. The molecule has 2 aromatic rings. The molecule has 7 heteroatoms. The summed E-state index contributed by atoms with van der Waals surface area (Å²) in [6.45, 7) is 2.28. The number of ether oxygens (including phenoxy) is 1. The van der Waals surface area contributed by atoms with E-state index in [1.807, 2.05) is 36.4 Å². The minimum absolute atomic E-state index is 0.0802. The fourth-order valence-electron chi connectivity index (χ4n) is 2.37. The van der Waals surface area contributed by atoms with E-state index in [1.165, 1.54) is 5.56 Å². The molecule has 0 saturated carbocycles. The second-order valence-corrected chi connectivity index (χ2v) is 6.07. The van der Waals surface area contributed by atoms with Gasteiger partial charge in [-0.3, -0.25) is 15.3 Å². The van der Waals surface area contributed by atoms with Crippen LogP contribution in [0, 0.1) is 5.41 Å².